The van der Waals surface area contributed by atoms with Crippen LogP contribution in [0.25, 0.3) is 11.2 Å². The molecule has 190 valence electrons. The largest absolute Gasteiger partial charge is 0.376 e. The molecule has 4 aromatic rings. The zero-order valence-corrected chi connectivity index (χ0v) is 20.7. The molecule has 1 aromatic carbocycles. The SMILES string of the molecule is O=C(c1ccncc1)N1CCN(c2nc(NCC3CCCO3)c3ncn(Cc4ccccc4)c3n2)CC1. The standard InChI is InChI=1S/C27H30N8O2/c36-26(21-8-10-28-11-9-21)33-12-14-34(15-13-33)27-31-24(29-17-22-7-4-16-37-22)23-25(32-27)35(19-30-23)18-20-5-2-1-3-6-20/h1-3,5-6,8-11,19,22H,4,7,12-18H2,(H,29,31,32). The van der Waals surface area contributed by atoms with E-state index in [4.69, 9.17) is 14.7 Å². The maximum absolute atomic E-state index is 12.9. The Labute approximate surface area is 215 Å². The van der Waals surface area contributed by atoms with E-state index in [2.05, 4.69) is 36.9 Å². The Morgan fingerprint density at radius 3 is 2.59 bits per heavy atom. The number of imidazole rings is 1. The third-order valence-electron chi connectivity index (χ3n) is 6.95. The molecule has 0 bridgehead atoms. The molecule has 2 fully saturated rings. The first kappa shape index (κ1) is 23.4. The van der Waals surface area contributed by atoms with Gasteiger partial charge in [0, 0.05) is 57.3 Å². The lowest BCUT2D eigenvalue weighted by atomic mass is 10.2. The number of nitrogens with one attached hydrogen (secondary N) is 1. The molecule has 1 amide bonds. The highest BCUT2D eigenvalue weighted by Gasteiger charge is 2.25. The maximum atomic E-state index is 12.9. The second kappa shape index (κ2) is 10.5. The molecule has 6 rings (SSSR count). The van der Waals surface area contributed by atoms with Crippen molar-refractivity contribution in [2.45, 2.75) is 25.5 Å². The summed E-state index contributed by atoms with van der Waals surface area (Å²) in [6.07, 6.45) is 7.45. The number of carbonyl (C=O) groups excluding carboxylic acids is 1. The Morgan fingerprint density at radius 1 is 1.03 bits per heavy atom. The third-order valence-corrected chi connectivity index (χ3v) is 6.95. The van der Waals surface area contributed by atoms with Gasteiger partial charge in [-0.25, -0.2) is 4.98 Å². The summed E-state index contributed by atoms with van der Waals surface area (Å²) in [6, 6.07) is 13.8. The Balaban J connectivity index is 1.25. The number of fused-ring (bicyclic) bond motifs is 1. The summed E-state index contributed by atoms with van der Waals surface area (Å²) in [7, 11) is 0. The van der Waals surface area contributed by atoms with E-state index in [1.165, 1.54) is 5.56 Å². The van der Waals surface area contributed by atoms with Gasteiger partial charge in [-0.1, -0.05) is 30.3 Å². The number of hydrogen-bond donors (Lipinski definition) is 1. The number of anilines is 2. The van der Waals surface area contributed by atoms with Crippen molar-refractivity contribution in [3.63, 3.8) is 0 Å². The van der Waals surface area contributed by atoms with Crippen LogP contribution in [-0.4, -0.2) is 80.7 Å². The van der Waals surface area contributed by atoms with Crippen molar-refractivity contribution in [1.29, 1.82) is 0 Å². The van der Waals surface area contributed by atoms with Crippen LogP contribution in [0.15, 0.2) is 61.2 Å². The van der Waals surface area contributed by atoms with Gasteiger partial charge in [-0.15, -0.1) is 0 Å². The smallest absolute Gasteiger partial charge is 0.254 e. The number of nitrogens with zero attached hydrogens (tertiary/aromatic N) is 7. The van der Waals surface area contributed by atoms with E-state index in [1.807, 2.05) is 29.4 Å². The van der Waals surface area contributed by atoms with Crippen molar-refractivity contribution in [3.8, 4) is 0 Å². The molecule has 0 radical (unpaired) electrons. The zero-order valence-electron chi connectivity index (χ0n) is 20.7. The number of benzene rings is 1. The minimum Gasteiger partial charge on any atom is -0.376 e. The summed E-state index contributed by atoms with van der Waals surface area (Å²) < 4.78 is 7.87. The maximum Gasteiger partial charge on any atom is 0.254 e. The third kappa shape index (κ3) is 5.10. The normalized spacial score (nSPS) is 17.9. The first-order valence-corrected chi connectivity index (χ1v) is 12.8. The van der Waals surface area contributed by atoms with Gasteiger partial charge in [-0.2, -0.15) is 9.97 Å². The fraction of sp³-hybridized carbons (Fsp3) is 0.370. The van der Waals surface area contributed by atoms with Crippen molar-refractivity contribution in [1.82, 2.24) is 29.4 Å². The molecule has 2 aliphatic heterocycles. The average molecular weight is 499 g/mol. The van der Waals surface area contributed by atoms with Gasteiger partial charge in [0.2, 0.25) is 5.95 Å². The lowest BCUT2D eigenvalue weighted by Crippen LogP contribution is -2.49. The van der Waals surface area contributed by atoms with Gasteiger partial charge in [0.1, 0.15) is 0 Å². The van der Waals surface area contributed by atoms with Crippen molar-refractivity contribution >= 4 is 28.8 Å². The topological polar surface area (TPSA) is 101 Å². The fourth-order valence-electron chi connectivity index (χ4n) is 4.90. The molecule has 10 nitrogen and oxygen atoms in total. The molecule has 2 aliphatic rings. The van der Waals surface area contributed by atoms with Crippen molar-refractivity contribution in [2.24, 2.45) is 0 Å². The quantitative estimate of drug-likeness (QED) is 0.415. The highest BCUT2D eigenvalue weighted by Crippen LogP contribution is 2.25. The van der Waals surface area contributed by atoms with E-state index in [1.54, 1.807) is 24.5 Å². The predicted molar refractivity (Wildman–Crippen MR) is 141 cm³/mol. The molecule has 10 heteroatoms. The van der Waals surface area contributed by atoms with E-state index in [0.717, 1.165) is 36.4 Å². The monoisotopic (exact) mass is 498 g/mol. The number of aromatic nitrogens is 5. The molecule has 1 N–H and O–H groups in total. The molecule has 0 aliphatic carbocycles. The van der Waals surface area contributed by atoms with Crippen molar-refractivity contribution in [3.05, 3.63) is 72.3 Å². The Morgan fingerprint density at radius 2 is 1.84 bits per heavy atom. The summed E-state index contributed by atoms with van der Waals surface area (Å²) >= 11 is 0. The zero-order chi connectivity index (χ0) is 25.0. The van der Waals surface area contributed by atoms with E-state index < -0.39 is 0 Å². The van der Waals surface area contributed by atoms with Crippen LogP contribution in [0.5, 0.6) is 0 Å². The van der Waals surface area contributed by atoms with E-state index in [9.17, 15) is 4.79 Å². The molecule has 5 heterocycles. The Kier molecular flexibility index (Phi) is 6.64. The Hall–Kier alpha value is -4.05. The summed E-state index contributed by atoms with van der Waals surface area (Å²) in [5.74, 6) is 1.39. The lowest BCUT2D eigenvalue weighted by Gasteiger charge is -2.35. The molecule has 0 spiro atoms. The van der Waals surface area contributed by atoms with Gasteiger partial charge < -0.3 is 24.4 Å². The van der Waals surface area contributed by atoms with Gasteiger partial charge in [0.05, 0.1) is 19.0 Å². The molecule has 37 heavy (non-hydrogen) atoms. The number of carbonyl (C=O) groups is 1. The number of piperazine rings is 1. The van der Waals surface area contributed by atoms with Crippen LogP contribution in [0.1, 0.15) is 28.8 Å². The summed E-state index contributed by atoms with van der Waals surface area (Å²) in [5, 5.41) is 3.49. The lowest BCUT2D eigenvalue weighted by molar-refractivity contribution is 0.0746. The number of rotatable bonds is 7. The predicted octanol–water partition coefficient (Wildman–Crippen LogP) is 2.82. The molecular weight excluding hydrogens is 468 g/mol. The number of ether oxygens (including phenoxy) is 1. The number of hydrogen-bond acceptors (Lipinski definition) is 8. The minimum atomic E-state index is 0.0262. The van der Waals surface area contributed by atoms with Gasteiger partial charge in [-0.3, -0.25) is 9.78 Å². The van der Waals surface area contributed by atoms with Gasteiger partial charge in [0.25, 0.3) is 5.91 Å². The highest BCUT2D eigenvalue weighted by atomic mass is 16.5. The summed E-state index contributed by atoms with van der Waals surface area (Å²) in [5.41, 5.74) is 3.38. The van der Waals surface area contributed by atoms with Crippen LogP contribution in [-0.2, 0) is 11.3 Å². The number of pyridine rings is 1. The van der Waals surface area contributed by atoms with Crippen LogP contribution < -0.4 is 10.2 Å². The highest BCUT2D eigenvalue weighted by molar-refractivity contribution is 5.94. The minimum absolute atomic E-state index is 0.0262. The first-order chi connectivity index (χ1) is 18.2. The van der Waals surface area contributed by atoms with E-state index in [-0.39, 0.29) is 12.0 Å². The Bertz CT molecular complexity index is 1350. The molecule has 2 saturated heterocycles. The van der Waals surface area contributed by atoms with Crippen LogP contribution in [0.2, 0.25) is 0 Å². The summed E-state index contributed by atoms with van der Waals surface area (Å²) in [4.78, 5) is 35.4. The van der Waals surface area contributed by atoms with Gasteiger partial charge >= 0.3 is 0 Å². The van der Waals surface area contributed by atoms with E-state index in [0.29, 0.717) is 50.8 Å². The molecule has 0 saturated carbocycles. The summed E-state index contributed by atoms with van der Waals surface area (Å²) in [6.45, 7) is 4.68. The van der Waals surface area contributed by atoms with Crippen LogP contribution in [0.3, 0.4) is 0 Å². The van der Waals surface area contributed by atoms with Crippen molar-refractivity contribution in [2.75, 3.05) is 49.5 Å². The number of amides is 1. The van der Waals surface area contributed by atoms with Gasteiger partial charge in [0.15, 0.2) is 17.0 Å². The van der Waals surface area contributed by atoms with E-state index >= 15 is 0 Å². The molecule has 1 atom stereocenters. The second-order valence-electron chi connectivity index (χ2n) is 9.43. The fourth-order valence-corrected chi connectivity index (χ4v) is 4.90. The first-order valence-electron chi connectivity index (χ1n) is 12.8. The van der Waals surface area contributed by atoms with Crippen LogP contribution >= 0.6 is 0 Å². The van der Waals surface area contributed by atoms with Gasteiger partial charge in [-0.05, 0) is 30.5 Å². The van der Waals surface area contributed by atoms with Crippen LogP contribution in [0.4, 0.5) is 11.8 Å². The van der Waals surface area contributed by atoms with Crippen molar-refractivity contribution < 1.29 is 9.53 Å². The molecule has 3 aromatic heterocycles. The molecular formula is C27H30N8O2. The second-order valence-corrected chi connectivity index (χ2v) is 9.43. The average Bonchev–Trinajstić information content (AvgIpc) is 3.63. The van der Waals surface area contributed by atoms with Crippen LogP contribution in [0, 0.1) is 0 Å². The molecule has 1 unspecified atom stereocenters.